The van der Waals surface area contributed by atoms with Gasteiger partial charge in [-0.2, -0.15) is 0 Å². The molecule has 0 radical (unpaired) electrons. The molecule has 2 unspecified atom stereocenters. The van der Waals surface area contributed by atoms with E-state index in [-0.39, 0.29) is 18.3 Å². The van der Waals surface area contributed by atoms with Gasteiger partial charge in [-0.25, -0.2) is 0 Å². The van der Waals surface area contributed by atoms with Gasteiger partial charge in [0.2, 0.25) is 0 Å². The Hall–Kier alpha value is -0.275. The Labute approximate surface area is 92.2 Å². The van der Waals surface area contributed by atoms with Crippen LogP contribution in [0.3, 0.4) is 0 Å². The standard InChI is InChI=1S/C12H19BO2/c1-11(2)12(3,4)15-13(14-11)10-6-8-5-9(8)7-10/h6,8-9H,5,7H2,1-4H3. The van der Waals surface area contributed by atoms with Crippen LogP contribution in [0.1, 0.15) is 40.5 Å². The molecule has 1 heterocycles. The Kier molecular flexibility index (Phi) is 1.78. The fourth-order valence-electron chi connectivity index (χ4n) is 2.52. The molecule has 0 aromatic rings. The molecule has 1 saturated carbocycles. The van der Waals surface area contributed by atoms with Crippen LogP contribution in [0.2, 0.25) is 0 Å². The third-order valence-electron chi connectivity index (χ3n) is 4.46. The molecule has 15 heavy (non-hydrogen) atoms. The topological polar surface area (TPSA) is 18.5 Å². The summed E-state index contributed by atoms with van der Waals surface area (Å²) in [6, 6.07) is 0. The summed E-state index contributed by atoms with van der Waals surface area (Å²) >= 11 is 0. The molecule has 82 valence electrons. The molecular weight excluding hydrogens is 187 g/mol. The first kappa shape index (κ1) is 9.92. The first-order valence-electron chi connectivity index (χ1n) is 5.95. The molecule has 0 bridgehead atoms. The largest absolute Gasteiger partial charge is 0.490 e. The lowest BCUT2D eigenvalue weighted by Gasteiger charge is -2.32. The molecule has 0 aromatic carbocycles. The van der Waals surface area contributed by atoms with E-state index in [4.69, 9.17) is 9.31 Å². The smallest absolute Gasteiger partial charge is 0.400 e. The van der Waals surface area contributed by atoms with Crippen molar-refractivity contribution in [3.8, 4) is 0 Å². The molecule has 2 atom stereocenters. The number of hydrogen-bond acceptors (Lipinski definition) is 2. The molecule has 0 amide bonds. The Balaban J connectivity index is 1.78. The van der Waals surface area contributed by atoms with E-state index in [1.165, 1.54) is 18.3 Å². The van der Waals surface area contributed by atoms with Crippen molar-refractivity contribution in [2.75, 3.05) is 0 Å². The van der Waals surface area contributed by atoms with Crippen LogP contribution in [0, 0.1) is 11.8 Å². The summed E-state index contributed by atoms with van der Waals surface area (Å²) in [5.41, 5.74) is 1.01. The molecule has 3 heteroatoms. The zero-order valence-corrected chi connectivity index (χ0v) is 10.0. The minimum absolute atomic E-state index is 0.0807. The SMILES string of the molecule is CC1(C)OB(C2=CC3CC3C2)OC1(C)C. The second-order valence-electron chi connectivity index (χ2n) is 6.19. The normalized spacial score (nSPS) is 40.3. The van der Waals surface area contributed by atoms with Crippen LogP contribution < -0.4 is 0 Å². The average Bonchev–Trinajstić information content (AvgIpc) is 2.63. The predicted octanol–water partition coefficient (Wildman–Crippen LogP) is 2.58. The monoisotopic (exact) mass is 206 g/mol. The van der Waals surface area contributed by atoms with Gasteiger partial charge in [0.15, 0.2) is 0 Å². The maximum absolute atomic E-state index is 6.03. The van der Waals surface area contributed by atoms with Gasteiger partial charge in [-0.1, -0.05) is 6.08 Å². The van der Waals surface area contributed by atoms with E-state index in [9.17, 15) is 0 Å². The fraction of sp³-hybridized carbons (Fsp3) is 0.833. The summed E-state index contributed by atoms with van der Waals surface area (Å²) in [5, 5.41) is 0. The van der Waals surface area contributed by atoms with Crippen molar-refractivity contribution >= 4 is 7.12 Å². The number of allylic oxidation sites excluding steroid dienone is 2. The molecule has 0 N–H and O–H groups in total. The van der Waals surface area contributed by atoms with Crippen LogP contribution >= 0.6 is 0 Å². The highest BCUT2D eigenvalue weighted by molar-refractivity contribution is 6.54. The molecule has 1 aliphatic heterocycles. The minimum atomic E-state index is -0.189. The van der Waals surface area contributed by atoms with Crippen molar-refractivity contribution in [2.24, 2.45) is 11.8 Å². The van der Waals surface area contributed by atoms with Crippen molar-refractivity contribution in [3.63, 3.8) is 0 Å². The first-order valence-corrected chi connectivity index (χ1v) is 5.95. The van der Waals surface area contributed by atoms with Crippen LogP contribution in [0.4, 0.5) is 0 Å². The van der Waals surface area contributed by atoms with Gasteiger partial charge in [0.05, 0.1) is 11.2 Å². The van der Waals surface area contributed by atoms with Crippen LogP contribution in [0.15, 0.2) is 11.5 Å². The Morgan fingerprint density at radius 1 is 1.20 bits per heavy atom. The lowest BCUT2D eigenvalue weighted by atomic mass is 9.76. The second kappa shape index (κ2) is 2.69. The highest BCUT2D eigenvalue weighted by atomic mass is 16.7. The molecule has 2 aliphatic carbocycles. The third kappa shape index (κ3) is 1.40. The number of rotatable bonds is 1. The van der Waals surface area contributed by atoms with Gasteiger partial charge < -0.3 is 9.31 Å². The minimum Gasteiger partial charge on any atom is -0.400 e. The van der Waals surface area contributed by atoms with Crippen molar-refractivity contribution in [1.82, 2.24) is 0 Å². The summed E-state index contributed by atoms with van der Waals surface area (Å²) < 4.78 is 12.1. The predicted molar refractivity (Wildman–Crippen MR) is 60.4 cm³/mol. The van der Waals surface area contributed by atoms with Crippen LogP contribution in [0.25, 0.3) is 0 Å². The molecule has 1 saturated heterocycles. The van der Waals surface area contributed by atoms with Crippen molar-refractivity contribution in [2.45, 2.75) is 51.7 Å². The van der Waals surface area contributed by atoms with E-state index < -0.39 is 0 Å². The van der Waals surface area contributed by atoms with Gasteiger partial charge in [-0.15, -0.1) is 0 Å². The zero-order valence-electron chi connectivity index (χ0n) is 10.0. The maximum Gasteiger partial charge on any atom is 0.490 e. The van der Waals surface area contributed by atoms with Gasteiger partial charge in [0.25, 0.3) is 0 Å². The summed E-state index contributed by atoms with van der Waals surface area (Å²) in [6.07, 6.45) is 4.97. The number of hydrogen-bond donors (Lipinski definition) is 0. The molecule has 0 spiro atoms. The Morgan fingerprint density at radius 3 is 2.27 bits per heavy atom. The van der Waals surface area contributed by atoms with Gasteiger partial charge in [0.1, 0.15) is 0 Å². The molecule has 3 rings (SSSR count). The van der Waals surface area contributed by atoms with Crippen LogP contribution in [0.5, 0.6) is 0 Å². The van der Waals surface area contributed by atoms with Gasteiger partial charge in [0, 0.05) is 0 Å². The lowest BCUT2D eigenvalue weighted by molar-refractivity contribution is 0.00578. The zero-order chi connectivity index (χ0) is 10.8. The van der Waals surface area contributed by atoms with E-state index >= 15 is 0 Å². The van der Waals surface area contributed by atoms with E-state index in [1.807, 2.05) is 0 Å². The highest BCUT2D eigenvalue weighted by Crippen LogP contribution is 2.52. The van der Waals surface area contributed by atoms with Crippen molar-refractivity contribution in [3.05, 3.63) is 11.5 Å². The average molecular weight is 206 g/mol. The molecule has 2 nitrogen and oxygen atoms in total. The number of fused-ring (bicyclic) bond motifs is 1. The van der Waals surface area contributed by atoms with E-state index in [1.54, 1.807) is 0 Å². The Morgan fingerprint density at radius 2 is 1.80 bits per heavy atom. The van der Waals surface area contributed by atoms with Crippen molar-refractivity contribution < 1.29 is 9.31 Å². The molecule has 3 aliphatic rings. The van der Waals surface area contributed by atoms with Crippen molar-refractivity contribution in [1.29, 1.82) is 0 Å². The summed E-state index contributed by atoms with van der Waals surface area (Å²) in [5.74, 6) is 1.76. The third-order valence-corrected chi connectivity index (χ3v) is 4.46. The van der Waals surface area contributed by atoms with E-state index in [2.05, 4.69) is 33.8 Å². The summed E-state index contributed by atoms with van der Waals surface area (Å²) in [4.78, 5) is 0. The van der Waals surface area contributed by atoms with Crippen LogP contribution in [-0.2, 0) is 9.31 Å². The second-order valence-corrected chi connectivity index (χ2v) is 6.19. The van der Waals surface area contributed by atoms with Gasteiger partial charge in [-0.05, 0) is 57.8 Å². The Bertz CT molecular complexity index is 317. The first-order chi connectivity index (χ1) is 6.89. The summed E-state index contributed by atoms with van der Waals surface area (Å²) in [6.45, 7) is 8.46. The van der Waals surface area contributed by atoms with Gasteiger partial charge >= 0.3 is 7.12 Å². The molecule has 2 fully saturated rings. The lowest BCUT2D eigenvalue weighted by Crippen LogP contribution is -2.41. The van der Waals surface area contributed by atoms with Gasteiger partial charge in [-0.3, -0.25) is 0 Å². The van der Waals surface area contributed by atoms with E-state index in [0.717, 1.165) is 11.8 Å². The van der Waals surface area contributed by atoms with E-state index in [0.29, 0.717) is 0 Å². The fourth-order valence-corrected chi connectivity index (χ4v) is 2.52. The maximum atomic E-state index is 6.03. The van der Waals surface area contributed by atoms with Crippen LogP contribution in [-0.4, -0.2) is 18.3 Å². The molecular formula is C12H19BO2. The molecule has 0 aromatic heterocycles. The highest BCUT2D eigenvalue weighted by Gasteiger charge is 2.55. The summed E-state index contributed by atoms with van der Waals surface area (Å²) in [7, 11) is -0.0807. The quantitative estimate of drug-likeness (QED) is 0.614.